The second-order valence-electron chi connectivity index (χ2n) is 3.82. The lowest BCUT2D eigenvalue weighted by Crippen LogP contribution is -2.04. The minimum absolute atomic E-state index is 0.0160. The molecule has 0 saturated carbocycles. The summed E-state index contributed by atoms with van der Waals surface area (Å²) in [6.07, 6.45) is 0.193. The molecule has 0 atom stereocenters. The molecule has 4 heteroatoms. The van der Waals surface area contributed by atoms with Crippen molar-refractivity contribution in [2.75, 3.05) is 0 Å². The standard InChI is InChI=1S/C14H9BrFIO/c15-14-10(2-1-3-12(14)16)8-13(18)9-4-6-11(17)7-5-9/h1-7H,8H2. The van der Waals surface area contributed by atoms with Crippen LogP contribution in [0, 0.1) is 9.39 Å². The van der Waals surface area contributed by atoms with Gasteiger partial charge in [0.1, 0.15) is 5.82 Å². The van der Waals surface area contributed by atoms with Gasteiger partial charge in [-0.1, -0.05) is 24.3 Å². The van der Waals surface area contributed by atoms with Crippen LogP contribution in [0.5, 0.6) is 0 Å². The van der Waals surface area contributed by atoms with Crippen LogP contribution in [0.4, 0.5) is 4.39 Å². The Labute approximate surface area is 127 Å². The zero-order valence-electron chi connectivity index (χ0n) is 9.29. The van der Waals surface area contributed by atoms with E-state index in [0.717, 1.165) is 3.57 Å². The molecule has 0 saturated heterocycles. The minimum atomic E-state index is -0.345. The Hall–Kier alpha value is -0.750. The second-order valence-corrected chi connectivity index (χ2v) is 5.86. The lowest BCUT2D eigenvalue weighted by Gasteiger charge is -2.05. The fourth-order valence-corrected chi connectivity index (χ4v) is 2.36. The summed E-state index contributed by atoms with van der Waals surface area (Å²) in [6.45, 7) is 0. The van der Waals surface area contributed by atoms with E-state index in [1.165, 1.54) is 6.07 Å². The van der Waals surface area contributed by atoms with Gasteiger partial charge in [-0.3, -0.25) is 4.79 Å². The Morgan fingerprint density at radius 3 is 2.50 bits per heavy atom. The molecule has 0 aromatic heterocycles. The van der Waals surface area contributed by atoms with Gasteiger partial charge < -0.3 is 0 Å². The average Bonchev–Trinajstić information content (AvgIpc) is 2.36. The van der Waals surface area contributed by atoms with E-state index < -0.39 is 0 Å². The number of halogens is 3. The highest BCUT2D eigenvalue weighted by Crippen LogP contribution is 2.22. The molecule has 0 amide bonds. The predicted octanol–water partition coefficient (Wildman–Crippen LogP) is 4.62. The van der Waals surface area contributed by atoms with E-state index in [9.17, 15) is 9.18 Å². The largest absolute Gasteiger partial charge is 0.294 e. The van der Waals surface area contributed by atoms with Gasteiger partial charge in [0.15, 0.2) is 5.78 Å². The van der Waals surface area contributed by atoms with Gasteiger partial charge in [0.05, 0.1) is 4.47 Å². The summed E-state index contributed by atoms with van der Waals surface area (Å²) in [5, 5.41) is 0. The van der Waals surface area contributed by atoms with Crippen molar-refractivity contribution in [2.24, 2.45) is 0 Å². The topological polar surface area (TPSA) is 17.1 Å². The fourth-order valence-electron chi connectivity index (χ4n) is 1.60. The van der Waals surface area contributed by atoms with Crippen LogP contribution in [0.3, 0.4) is 0 Å². The summed E-state index contributed by atoms with van der Waals surface area (Å²) in [4.78, 5) is 12.0. The van der Waals surface area contributed by atoms with Gasteiger partial charge in [0, 0.05) is 15.6 Å². The second kappa shape index (κ2) is 5.93. The highest BCUT2D eigenvalue weighted by molar-refractivity contribution is 14.1. The molecule has 2 aromatic rings. The molecular formula is C14H9BrFIO. The number of carbonyl (C=O) groups is 1. The molecule has 0 unspecified atom stereocenters. The Kier molecular flexibility index (Phi) is 4.50. The predicted molar refractivity (Wildman–Crippen MR) is 81.3 cm³/mol. The molecule has 0 heterocycles. The molecule has 0 fully saturated rings. The molecule has 0 spiro atoms. The van der Waals surface area contributed by atoms with E-state index in [1.807, 2.05) is 12.1 Å². The van der Waals surface area contributed by atoms with E-state index in [-0.39, 0.29) is 18.0 Å². The number of benzene rings is 2. The molecule has 0 aliphatic carbocycles. The number of hydrogen-bond donors (Lipinski definition) is 0. The van der Waals surface area contributed by atoms with Crippen molar-refractivity contribution in [1.29, 1.82) is 0 Å². The molecule has 2 rings (SSSR count). The van der Waals surface area contributed by atoms with E-state index in [1.54, 1.807) is 24.3 Å². The maximum atomic E-state index is 13.3. The van der Waals surface area contributed by atoms with Gasteiger partial charge in [-0.15, -0.1) is 0 Å². The van der Waals surface area contributed by atoms with E-state index in [0.29, 0.717) is 15.6 Å². The van der Waals surface area contributed by atoms with Gasteiger partial charge in [0.25, 0.3) is 0 Å². The SMILES string of the molecule is O=C(Cc1cccc(F)c1Br)c1ccc(I)cc1. The summed E-state index contributed by atoms with van der Waals surface area (Å²) in [5.41, 5.74) is 1.31. The van der Waals surface area contributed by atoms with Crippen LogP contribution in [-0.2, 0) is 6.42 Å². The summed E-state index contributed by atoms with van der Waals surface area (Å²) in [6, 6.07) is 12.1. The van der Waals surface area contributed by atoms with Crippen LogP contribution >= 0.6 is 38.5 Å². The van der Waals surface area contributed by atoms with Crippen molar-refractivity contribution in [3.63, 3.8) is 0 Å². The van der Waals surface area contributed by atoms with E-state index in [4.69, 9.17) is 0 Å². The van der Waals surface area contributed by atoms with Gasteiger partial charge in [-0.25, -0.2) is 4.39 Å². The molecule has 0 bridgehead atoms. The average molecular weight is 419 g/mol. The quantitative estimate of drug-likeness (QED) is 0.525. The number of ketones is 1. The summed E-state index contributed by atoms with van der Waals surface area (Å²) in [7, 11) is 0. The van der Waals surface area contributed by atoms with Crippen molar-refractivity contribution in [1.82, 2.24) is 0 Å². The van der Waals surface area contributed by atoms with Crippen molar-refractivity contribution in [3.8, 4) is 0 Å². The minimum Gasteiger partial charge on any atom is -0.294 e. The molecule has 2 aromatic carbocycles. The summed E-state index contributed by atoms with van der Waals surface area (Å²) < 4.78 is 14.8. The highest BCUT2D eigenvalue weighted by atomic mass is 127. The first kappa shape index (κ1) is 13.7. The molecule has 92 valence electrons. The van der Waals surface area contributed by atoms with Gasteiger partial charge in [-0.2, -0.15) is 0 Å². The molecule has 18 heavy (non-hydrogen) atoms. The normalized spacial score (nSPS) is 10.4. The smallest absolute Gasteiger partial charge is 0.167 e. The van der Waals surface area contributed by atoms with Crippen molar-refractivity contribution < 1.29 is 9.18 Å². The monoisotopic (exact) mass is 418 g/mol. The molecule has 1 nitrogen and oxygen atoms in total. The van der Waals surface area contributed by atoms with Crippen LogP contribution in [0.25, 0.3) is 0 Å². The first-order chi connectivity index (χ1) is 8.58. The van der Waals surface area contributed by atoms with Crippen LogP contribution in [-0.4, -0.2) is 5.78 Å². The zero-order chi connectivity index (χ0) is 13.1. The Morgan fingerprint density at radius 2 is 1.83 bits per heavy atom. The lowest BCUT2D eigenvalue weighted by atomic mass is 10.0. The number of hydrogen-bond acceptors (Lipinski definition) is 1. The maximum absolute atomic E-state index is 13.3. The summed E-state index contributed by atoms with van der Waals surface area (Å²) in [5.74, 6) is -0.361. The third-order valence-electron chi connectivity index (χ3n) is 2.55. The summed E-state index contributed by atoms with van der Waals surface area (Å²) >= 11 is 5.35. The van der Waals surface area contributed by atoms with Gasteiger partial charge >= 0.3 is 0 Å². The third kappa shape index (κ3) is 3.17. The maximum Gasteiger partial charge on any atom is 0.167 e. The first-order valence-corrected chi connectivity index (χ1v) is 7.17. The van der Waals surface area contributed by atoms with E-state index >= 15 is 0 Å². The number of Topliss-reactive ketones (excluding diaryl/α,β-unsaturated/α-hetero) is 1. The molecule has 0 aliphatic rings. The van der Waals surface area contributed by atoms with Crippen molar-refractivity contribution in [2.45, 2.75) is 6.42 Å². The lowest BCUT2D eigenvalue weighted by molar-refractivity contribution is 0.0992. The fraction of sp³-hybridized carbons (Fsp3) is 0.0714. The number of rotatable bonds is 3. The van der Waals surface area contributed by atoms with E-state index in [2.05, 4.69) is 38.5 Å². The van der Waals surface area contributed by atoms with Gasteiger partial charge in [-0.05, 0) is 62.3 Å². The Bertz CT molecular complexity index is 581. The van der Waals surface area contributed by atoms with Crippen molar-refractivity contribution >= 4 is 44.3 Å². The highest BCUT2D eigenvalue weighted by Gasteiger charge is 2.11. The van der Waals surface area contributed by atoms with Crippen LogP contribution in [0.1, 0.15) is 15.9 Å². The zero-order valence-corrected chi connectivity index (χ0v) is 13.0. The van der Waals surface area contributed by atoms with Crippen molar-refractivity contribution in [3.05, 3.63) is 67.5 Å². The van der Waals surface area contributed by atoms with Gasteiger partial charge in [0.2, 0.25) is 0 Å². The Morgan fingerprint density at radius 1 is 1.17 bits per heavy atom. The van der Waals surface area contributed by atoms with Crippen LogP contribution in [0.15, 0.2) is 46.9 Å². The molecule has 0 aliphatic heterocycles. The third-order valence-corrected chi connectivity index (χ3v) is 4.16. The molecule has 0 N–H and O–H groups in total. The van der Waals surface area contributed by atoms with Crippen LogP contribution < -0.4 is 0 Å². The molecule has 0 radical (unpaired) electrons. The number of carbonyl (C=O) groups excluding carboxylic acids is 1. The first-order valence-electron chi connectivity index (χ1n) is 5.29. The van der Waals surface area contributed by atoms with Crippen LogP contribution in [0.2, 0.25) is 0 Å². The Balaban J connectivity index is 2.21. The molecular weight excluding hydrogens is 410 g/mol.